The summed E-state index contributed by atoms with van der Waals surface area (Å²) in [6.45, 7) is 2.18. The molecular formula is C27H39N5O5S2. The van der Waals surface area contributed by atoms with Gasteiger partial charge in [0.1, 0.15) is 6.04 Å². The van der Waals surface area contributed by atoms with E-state index in [9.17, 15) is 24.0 Å². The number of Topliss-reactive ketones (excluding diaryl/α,β-unsaturated/α-hetero) is 1. The first kappa shape index (κ1) is 31.0. The Bertz CT molecular complexity index is 1050. The summed E-state index contributed by atoms with van der Waals surface area (Å²) in [4.78, 5) is 67.5. The van der Waals surface area contributed by atoms with Crippen LogP contribution in [0.5, 0.6) is 0 Å². The van der Waals surface area contributed by atoms with Crippen LogP contribution in [0.2, 0.25) is 0 Å². The lowest BCUT2D eigenvalue weighted by Gasteiger charge is -2.31. The van der Waals surface area contributed by atoms with Gasteiger partial charge in [-0.2, -0.15) is 0 Å². The van der Waals surface area contributed by atoms with Gasteiger partial charge < -0.3 is 20.9 Å². The molecule has 3 atom stereocenters. The maximum absolute atomic E-state index is 13.2. The number of carbonyl (C=O) groups excluding carboxylic acids is 5. The van der Waals surface area contributed by atoms with Crippen molar-refractivity contribution in [3.63, 3.8) is 0 Å². The first-order valence-electron chi connectivity index (χ1n) is 13.2. The molecular weight excluding hydrogens is 538 g/mol. The third-order valence-corrected chi connectivity index (χ3v) is 10.2. The summed E-state index contributed by atoms with van der Waals surface area (Å²) in [5, 5.41) is 7.78. The summed E-state index contributed by atoms with van der Waals surface area (Å²) in [6, 6.07) is 6.50. The van der Waals surface area contributed by atoms with Crippen LogP contribution >= 0.6 is 23.5 Å². The van der Waals surface area contributed by atoms with E-state index in [0.717, 1.165) is 24.5 Å². The van der Waals surface area contributed by atoms with Crippen LogP contribution in [0.1, 0.15) is 44.2 Å². The van der Waals surface area contributed by atoms with E-state index in [1.807, 2.05) is 42.4 Å². The Morgan fingerprint density at radius 3 is 2.36 bits per heavy atom. The van der Waals surface area contributed by atoms with E-state index in [-0.39, 0.29) is 21.9 Å². The Balaban J connectivity index is 1.56. The van der Waals surface area contributed by atoms with Gasteiger partial charge in [-0.05, 0) is 43.4 Å². The predicted molar refractivity (Wildman–Crippen MR) is 154 cm³/mol. The molecule has 1 aromatic rings. The molecule has 0 aromatic heterocycles. The maximum atomic E-state index is 13.2. The number of thioether (sulfide) groups is 2. The van der Waals surface area contributed by atoms with E-state index in [1.54, 1.807) is 44.4 Å². The van der Waals surface area contributed by atoms with Crippen molar-refractivity contribution >= 4 is 52.9 Å². The van der Waals surface area contributed by atoms with E-state index in [0.29, 0.717) is 24.8 Å². The van der Waals surface area contributed by atoms with Gasteiger partial charge in [0.25, 0.3) is 5.91 Å². The largest absolute Gasteiger partial charge is 0.347 e. The van der Waals surface area contributed by atoms with Gasteiger partial charge in [0.05, 0.1) is 22.7 Å². The molecule has 0 aliphatic carbocycles. The average molecular weight is 578 g/mol. The fourth-order valence-corrected chi connectivity index (χ4v) is 8.24. The van der Waals surface area contributed by atoms with Crippen molar-refractivity contribution in [3.8, 4) is 0 Å². The molecule has 4 amide bonds. The smallest absolute Gasteiger partial charge is 0.290 e. The zero-order valence-electron chi connectivity index (χ0n) is 23.0. The monoisotopic (exact) mass is 577 g/mol. The number of likely N-dealkylation sites (N-methyl/N-ethyl adjacent to an activating group) is 2. The predicted octanol–water partition coefficient (Wildman–Crippen LogP) is 1.17. The molecule has 10 nitrogen and oxygen atoms in total. The van der Waals surface area contributed by atoms with E-state index in [4.69, 9.17) is 0 Å². The van der Waals surface area contributed by atoms with Gasteiger partial charge in [-0.1, -0.05) is 43.7 Å². The van der Waals surface area contributed by atoms with Crippen LogP contribution in [-0.2, 0) is 24.0 Å². The van der Waals surface area contributed by atoms with Crippen LogP contribution in [0.4, 0.5) is 0 Å². The van der Waals surface area contributed by atoms with E-state index in [2.05, 4.69) is 16.0 Å². The molecule has 0 saturated carbocycles. The summed E-state index contributed by atoms with van der Waals surface area (Å²) in [6.07, 6.45) is 2.75. The molecule has 2 saturated heterocycles. The van der Waals surface area contributed by atoms with Crippen molar-refractivity contribution in [1.82, 2.24) is 25.8 Å². The van der Waals surface area contributed by atoms with Crippen LogP contribution in [0.15, 0.2) is 30.3 Å². The number of benzene rings is 1. The maximum Gasteiger partial charge on any atom is 0.290 e. The third-order valence-electron chi connectivity index (χ3n) is 6.82. The van der Waals surface area contributed by atoms with Gasteiger partial charge >= 0.3 is 0 Å². The van der Waals surface area contributed by atoms with Crippen molar-refractivity contribution in [2.24, 2.45) is 0 Å². The molecule has 1 spiro atoms. The molecule has 2 heterocycles. The van der Waals surface area contributed by atoms with Gasteiger partial charge in [0.2, 0.25) is 23.5 Å². The summed E-state index contributed by atoms with van der Waals surface area (Å²) < 4.78 is -0.00439. The Morgan fingerprint density at radius 1 is 1.08 bits per heavy atom. The SMILES string of the molecule is CCCC(NC(=O)C1CC2(CN1C)SCCCS2)C(=O)C(=O)NCC(=O)N[C@H](C(=O)N(C)C)c1ccccc1. The highest BCUT2D eigenvalue weighted by molar-refractivity contribution is 8.18. The fraction of sp³-hybridized carbons (Fsp3) is 0.593. The molecule has 2 aliphatic rings. The van der Waals surface area contributed by atoms with Gasteiger partial charge in [-0.3, -0.25) is 28.9 Å². The standard InChI is InChI=1S/C27H39N5O5S2/c1-5-10-19(29-24(35)20-15-27(17-32(20)4)38-13-9-14-39-27)23(34)25(36)28-16-21(33)30-22(26(37)31(2)3)18-11-7-6-8-12-18/h6-8,11-12,19-20,22H,5,9-10,13-17H2,1-4H3,(H,28,36)(H,29,35)(H,30,33)/t19?,20?,22-/m0/s1. The number of likely N-dealkylation sites (tertiary alicyclic amines) is 1. The van der Waals surface area contributed by atoms with Crippen molar-refractivity contribution < 1.29 is 24.0 Å². The normalized spacial score (nSPS) is 20.1. The third kappa shape index (κ3) is 8.21. The number of hydrogen-bond donors (Lipinski definition) is 3. The number of nitrogens with one attached hydrogen (secondary N) is 3. The minimum Gasteiger partial charge on any atom is -0.347 e. The van der Waals surface area contributed by atoms with Gasteiger partial charge in [-0.25, -0.2) is 0 Å². The molecule has 2 fully saturated rings. The lowest BCUT2D eigenvalue weighted by Crippen LogP contribution is -2.52. The molecule has 39 heavy (non-hydrogen) atoms. The van der Waals surface area contributed by atoms with Crippen LogP contribution in [-0.4, -0.2) is 101 Å². The second kappa shape index (κ2) is 14.2. The zero-order chi connectivity index (χ0) is 28.6. The molecule has 0 bridgehead atoms. The minimum absolute atomic E-state index is 0.00439. The molecule has 214 valence electrons. The molecule has 3 N–H and O–H groups in total. The number of rotatable bonds is 11. The minimum atomic E-state index is -0.977. The van der Waals surface area contributed by atoms with Crippen molar-refractivity contribution in [2.45, 2.75) is 54.8 Å². The zero-order valence-corrected chi connectivity index (χ0v) is 24.7. The average Bonchev–Trinajstić information content (AvgIpc) is 3.24. The summed E-state index contributed by atoms with van der Waals surface area (Å²) in [5.74, 6) is -0.785. The van der Waals surface area contributed by atoms with Crippen molar-refractivity contribution in [1.29, 1.82) is 0 Å². The Morgan fingerprint density at radius 2 is 1.74 bits per heavy atom. The fourth-order valence-electron chi connectivity index (χ4n) is 4.76. The highest BCUT2D eigenvalue weighted by Crippen LogP contribution is 2.49. The van der Waals surface area contributed by atoms with Gasteiger partial charge in [0.15, 0.2) is 0 Å². The lowest BCUT2D eigenvalue weighted by molar-refractivity contribution is -0.141. The Hall–Kier alpha value is -2.57. The second-order valence-electron chi connectivity index (χ2n) is 10.1. The number of carbonyl (C=O) groups is 5. The van der Waals surface area contributed by atoms with Crippen LogP contribution in [0.3, 0.4) is 0 Å². The molecule has 0 radical (unpaired) electrons. The molecule has 2 aliphatic heterocycles. The Labute approximate surface area is 238 Å². The van der Waals surface area contributed by atoms with E-state index < -0.39 is 36.2 Å². The van der Waals surface area contributed by atoms with Crippen molar-refractivity contribution in [2.75, 3.05) is 45.7 Å². The van der Waals surface area contributed by atoms with Gasteiger partial charge in [0, 0.05) is 20.6 Å². The molecule has 1 aromatic carbocycles. The number of nitrogens with zero attached hydrogens (tertiary/aromatic N) is 2. The molecule has 12 heteroatoms. The summed E-state index contributed by atoms with van der Waals surface area (Å²) in [5.41, 5.74) is 0.598. The quantitative estimate of drug-likeness (QED) is 0.335. The number of amides is 4. The highest BCUT2D eigenvalue weighted by atomic mass is 32.2. The van der Waals surface area contributed by atoms with Crippen molar-refractivity contribution in [3.05, 3.63) is 35.9 Å². The van der Waals surface area contributed by atoms with Crippen LogP contribution in [0.25, 0.3) is 0 Å². The van der Waals surface area contributed by atoms with E-state index >= 15 is 0 Å². The van der Waals surface area contributed by atoms with Crippen LogP contribution < -0.4 is 16.0 Å². The molecule has 2 unspecified atom stereocenters. The van der Waals surface area contributed by atoms with Gasteiger partial charge in [-0.15, -0.1) is 23.5 Å². The first-order valence-corrected chi connectivity index (χ1v) is 15.2. The second-order valence-corrected chi connectivity index (χ2v) is 13.4. The number of hydrogen-bond acceptors (Lipinski definition) is 8. The topological polar surface area (TPSA) is 128 Å². The number of ketones is 1. The Kier molecular flexibility index (Phi) is 11.3. The summed E-state index contributed by atoms with van der Waals surface area (Å²) in [7, 11) is 5.09. The van der Waals surface area contributed by atoms with E-state index in [1.165, 1.54) is 4.90 Å². The lowest BCUT2D eigenvalue weighted by atomic mass is 10.0. The first-order chi connectivity index (χ1) is 18.6. The summed E-state index contributed by atoms with van der Waals surface area (Å²) >= 11 is 3.80. The van der Waals surface area contributed by atoms with Crippen LogP contribution in [0, 0.1) is 0 Å². The highest BCUT2D eigenvalue weighted by Gasteiger charge is 2.47. The molecule has 3 rings (SSSR count).